The summed E-state index contributed by atoms with van der Waals surface area (Å²) in [7, 11) is -2.54. The summed E-state index contributed by atoms with van der Waals surface area (Å²) in [6, 6.07) is 23.0. The molecule has 1 unspecified atom stereocenters. The Bertz CT molecular complexity index is 2530. The van der Waals surface area contributed by atoms with E-state index >= 15 is 8.78 Å². The van der Waals surface area contributed by atoms with E-state index in [1.807, 2.05) is 31.2 Å². The van der Waals surface area contributed by atoms with Crippen LogP contribution in [0.1, 0.15) is 50.3 Å². The van der Waals surface area contributed by atoms with Crippen molar-refractivity contribution in [1.82, 2.24) is 3.97 Å². The number of halogens is 3. The van der Waals surface area contributed by atoms with E-state index in [-0.39, 0.29) is 39.1 Å². The fraction of sp³-hybridized carbons (Fsp3) is 0.214. The highest BCUT2D eigenvalue weighted by atomic mass is 79.9. The Morgan fingerprint density at radius 2 is 1.69 bits per heavy atom. The molecule has 1 aliphatic heterocycles. The summed E-state index contributed by atoms with van der Waals surface area (Å²) >= 11 is 4.65. The Morgan fingerprint density at radius 3 is 2.40 bits per heavy atom. The molecule has 2 heterocycles. The first kappa shape index (κ1) is 39.8. The Balaban J connectivity index is 1.55. The van der Waals surface area contributed by atoms with E-state index in [2.05, 4.69) is 46.9 Å². The highest BCUT2D eigenvalue weighted by Gasteiger charge is 2.32. The first-order chi connectivity index (χ1) is 26.2. The predicted molar refractivity (Wildman–Crippen MR) is 224 cm³/mol. The number of nitrogens with zero attached hydrogens (tertiary/aromatic N) is 4. The topological polar surface area (TPSA) is 128 Å². The standard InChI is InChI=1S/C42H41BrF2N6O2S2/c1-41(2)18-8-9-19-42(3,27-11-10-12-29(43)21-27)40(47)50-39(48-4)33-22-30(15-16-35(33)44)54-38-34(26-49-25-28(41)24-46)32-17-20-51(37(32)23-36(38)45)55(52,53)31-13-6-5-7-14-31/h5-17,20-25H,18-19,26,46H2,1-4H3,(H2,47,48,50)/b9-8-,28-24+,49-25?. The number of aliphatic imine (C=N–C) groups is 3. The van der Waals surface area contributed by atoms with Gasteiger partial charge in [0.15, 0.2) is 5.84 Å². The van der Waals surface area contributed by atoms with Crippen molar-refractivity contribution in [1.29, 1.82) is 0 Å². The Kier molecular flexibility index (Phi) is 11.7. The van der Waals surface area contributed by atoms with Gasteiger partial charge in [0.1, 0.15) is 17.5 Å². The first-order valence-electron chi connectivity index (χ1n) is 17.4. The van der Waals surface area contributed by atoms with Gasteiger partial charge in [0, 0.05) is 40.3 Å². The van der Waals surface area contributed by atoms with Crippen LogP contribution in [0.3, 0.4) is 0 Å². The minimum absolute atomic E-state index is 0.00319. The van der Waals surface area contributed by atoms with E-state index in [0.29, 0.717) is 28.7 Å². The van der Waals surface area contributed by atoms with Gasteiger partial charge >= 0.3 is 0 Å². The van der Waals surface area contributed by atoms with Gasteiger partial charge in [0.25, 0.3) is 10.0 Å². The van der Waals surface area contributed by atoms with Crippen molar-refractivity contribution in [2.24, 2.45) is 31.9 Å². The van der Waals surface area contributed by atoms with Crippen LogP contribution >= 0.6 is 27.7 Å². The van der Waals surface area contributed by atoms with E-state index in [4.69, 9.17) is 21.5 Å². The number of allylic oxidation sites excluding steroid dienone is 3. The summed E-state index contributed by atoms with van der Waals surface area (Å²) in [5.74, 6) is -0.944. The summed E-state index contributed by atoms with van der Waals surface area (Å²) in [5.41, 5.74) is 14.1. The van der Waals surface area contributed by atoms with Crippen molar-refractivity contribution in [3.63, 3.8) is 0 Å². The van der Waals surface area contributed by atoms with Crippen LogP contribution in [0, 0.1) is 17.0 Å². The molecule has 0 saturated heterocycles. The Hall–Kier alpha value is -4.85. The van der Waals surface area contributed by atoms with Gasteiger partial charge in [-0.3, -0.25) is 9.98 Å². The van der Waals surface area contributed by atoms with Crippen molar-refractivity contribution in [2.45, 2.75) is 60.3 Å². The summed E-state index contributed by atoms with van der Waals surface area (Å²) in [5, 5.41) is 0.495. The molecule has 4 N–H and O–H groups in total. The molecule has 0 fully saturated rings. The lowest BCUT2D eigenvalue weighted by molar-refractivity contribution is 0.470. The largest absolute Gasteiger partial charge is 0.404 e. The van der Waals surface area contributed by atoms with Gasteiger partial charge in [-0.25, -0.2) is 26.2 Å². The zero-order chi connectivity index (χ0) is 39.5. The molecular formula is C42H41BrF2N6O2S2. The molecular weight excluding hydrogens is 803 g/mol. The number of nitrogens with two attached hydrogens (primary N) is 2. The molecule has 1 atom stereocenters. The number of rotatable bonds is 3. The SMILES string of the molecule is CN=C1N=C(N)C(C)(c2cccc(Br)c2)C/C=C\CC(C)(C)/C(=C/N)C=NCc2c(c(F)cc3c2ccn3S(=O)(=O)c2ccccc2)Sc2ccc(F)c1c2. The molecule has 0 radical (unpaired) electrons. The summed E-state index contributed by atoms with van der Waals surface area (Å²) in [6.45, 7) is 6.08. The Morgan fingerprint density at radius 1 is 0.945 bits per heavy atom. The quantitative estimate of drug-likeness (QED) is 0.175. The molecule has 55 heavy (non-hydrogen) atoms. The van der Waals surface area contributed by atoms with Crippen molar-refractivity contribution in [3.05, 3.63) is 148 Å². The average molecular weight is 844 g/mol. The zero-order valence-corrected chi connectivity index (χ0v) is 34.0. The molecule has 8 nitrogen and oxygen atoms in total. The maximum Gasteiger partial charge on any atom is 0.268 e. The lowest BCUT2D eigenvalue weighted by Crippen LogP contribution is -2.39. The maximum absolute atomic E-state index is 16.5. The number of hydrogen-bond donors (Lipinski definition) is 2. The number of amidine groups is 2. The first-order valence-corrected chi connectivity index (χ1v) is 20.5. The summed E-state index contributed by atoms with van der Waals surface area (Å²) in [4.78, 5) is 14.6. The molecule has 0 aliphatic carbocycles. The van der Waals surface area contributed by atoms with E-state index in [1.165, 1.54) is 43.7 Å². The average Bonchev–Trinajstić information content (AvgIpc) is 3.60. The van der Waals surface area contributed by atoms with Crippen LogP contribution in [0.5, 0.6) is 0 Å². The lowest BCUT2D eigenvalue weighted by Gasteiger charge is -2.29. The van der Waals surface area contributed by atoms with Crippen LogP contribution in [0.2, 0.25) is 0 Å². The van der Waals surface area contributed by atoms with Crippen molar-refractivity contribution >= 4 is 66.5 Å². The van der Waals surface area contributed by atoms with Gasteiger partial charge in [-0.15, -0.1) is 0 Å². The predicted octanol–water partition coefficient (Wildman–Crippen LogP) is 9.55. The second-order valence-corrected chi connectivity index (χ2v) is 17.8. The molecule has 2 bridgehead atoms. The van der Waals surface area contributed by atoms with Crippen molar-refractivity contribution < 1.29 is 17.2 Å². The fourth-order valence-corrected chi connectivity index (χ4v) is 9.24. The highest BCUT2D eigenvalue weighted by molar-refractivity contribution is 9.10. The van der Waals surface area contributed by atoms with Gasteiger partial charge in [-0.05, 0) is 96.6 Å². The van der Waals surface area contributed by atoms with Crippen LogP contribution in [0.25, 0.3) is 10.9 Å². The monoisotopic (exact) mass is 842 g/mol. The molecule has 1 aliphatic rings. The Labute approximate surface area is 333 Å². The van der Waals surface area contributed by atoms with Gasteiger partial charge in [0.2, 0.25) is 0 Å². The molecule has 284 valence electrons. The highest BCUT2D eigenvalue weighted by Crippen LogP contribution is 2.40. The number of fused-ring (bicyclic) bond motifs is 5. The smallest absolute Gasteiger partial charge is 0.268 e. The van der Waals surface area contributed by atoms with E-state index in [1.54, 1.807) is 42.6 Å². The summed E-state index contributed by atoms with van der Waals surface area (Å²) < 4.78 is 61.6. The third-order valence-corrected chi connectivity index (χ3v) is 13.2. The zero-order valence-electron chi connectivity index (χ0n) is 30.8. The van der Waals surface area contributed by atoms with Crippen molar-refractivity contribution in [3.8, 4) is 0 Å². The number of benzene rings is 4. The normalized spacial score (nSPS) is 20.4. The number of aromatic nitrogens is 1. The van der Waals surface area contributed by atoms with Crippen LogP contribution in [-0.2, 0) is 22.0 Å². The third-order valence-electron chi connectivity index (χ3n) is 9.90. The molecule has 6 rings (SSSR count). The molecule has 1 aromatic heterocycles. The van der Waals surface area contributed by atoms with Crippen LogP contribution in [-0.4, -0.2) is 37.3 Å². The van der Waals surface area contributed by atoms with Crippen LogP contribution in [0.4, 0.5) is 8.78 Å². The van der Waals surface area contributed by atoms with E-state index in [9.17, 15) is 8.42 Å². The van der Waals surface area contributed by atoms with Gasteiger partial charge < -0.3 is 11.5 Å². The third kappa shape index (κ3) is 8.10. The van der Waals surface area contributed by atoms with E-state index < -0.39 is 32.5 Å². The second-order valence-electron chi connectivity index (χ2n) is 14.0. The number of hydrogen-bond acceptors (Lipinski definition) is 7. The molecule has 0 spiro atoms. The van der Waals surface area contributed by atoms with Gasteiger partial charge in [0.05, 0.1) is 32.8 Å². The van der Waals surface area contributed by atoms with Gasteiger partial charge in [-0.2, -0.15) is 0 Å². The molecule has 0 saturated carbocycles. The lowest BCUT2D eigenvalue weighted by atomic mass is 9.77. The minimum atomic E-state index is -4.06. The minimum Gasteiger partial charge on any atom is -0.404 e. The maximum atomic E-state index is 16.5. The molecule has 4 aromatic carbocycles. The summed E-state index contributed by atoms with van der Waals surface area (Å²) in [6.07, 6.45) is 9.80. The van der Waals surface area contributed by atoms with Gasteiger partial charge in [-0.1, -0.05) is 84.0 Å². The van der Waals surface area contributed by atoms with Crippen molar-refractivity contribution in [2.75, 3.05) is 7.05 Å². The molecule has 0 amide bonds. The van der Waals surface area contributed by atoms with Crippen LogP contribution < -0.4 is 11.5 Å². The fourth-order valence-electron chi connectivity index (χ4n) is 6.48. The molecule has 13 heteroatoms. The second kappa shape index (κ2) is 16.1. The van der Waals surface area contributed by atoms with Crippen LogP contribution in [0.15, 0.2) is 149 Å². The van der Waals surface area contributed by atoms with E-state index in [0.717, 1.165) is 31.3 Å². The molecule has 5 aromatic rings.